The van der Waals surface area contributed by atoms with Gasteiger partial charge in [-0.2, -0.15) is 0 Å². The van der Waals surface area contributed by atoms with E-state index in [9.17, 15) is 4.79 Å². The maximum absolute atomic E-state index is 12.9. The summed E-state index contributed by atoms with van der Waals surface area (Å²) in [4.78, 5) is 15.1. The van der Waals surface area contributed by atoms with Gasteiger partial charge < -0.3 is 9.64 Å². The van der Waals surface area contributed by atoms with Crippen molar-refractivity contribution in [3.8, 4) is 5.69 Å². The summed E-state index contributed by atoms with van der Waals surface area (Å²) in [6.45, 7) is 6.79. The first-order valence-electron chi connectivity index (χ1n) is 9.84. The van der Waals surface area contributed by atoms with E-state index >= 15 is 0 Å². The molecule has 2 heterocycles. The van der Waals surface area contributed by atoms with Crippen LogP contribution >= 0.6 is 23.4 Å². The van der Waals surface area contributed by atoms with E-state index in [2.05, 4.69) is 46.3 Å². The molecule has 0 N–H and O–H groups in total. The Balaban J connectivity index is 1.65. The Kier molecular flexibility index (Phi) is 6.41. The minimum atomic E-state index is -0.322. The second-order valence-corrected chi connectivity index (χ2v) is 8.93. The van der Waals surface area contributed by atoms with E-state index in [1.165, 1.54) is 17.3 Å². The quantitative estimate of drug-likeness (QED) is 0.415. The third-order valence-corrected chi connectivity index (χ3v) is 6.28. The van der Waals surface area contributed by atoms with Crippen LogP contribution in [0.5, 0.6) is 0 Å². The predicted molar refractivity (Wildman–Crippen MR) is 120 cm³/mol. The van der Waals surface area contributed by atoms with Crippen LogP contribution in [0.2, 0.25) is 5.02 Å². The number of nitrogens with zero attached hydrogens (tertiary/aromatic N) is 4. The Morgan fingerprint density at radius 3 is 2.40 bits per heavy atom. The lowest BCUT2D eigenvalue weighted by atomic mass is 10.1. The standard InChI is InChI=1S/C22H23ClN4O2S/c1-15-3-9-19(10-4-15)27-21(26-11-13-29-14-12-26)24-25-22(27)30-16(2)20(28)17-5-7-18(23)8-6-17/h3-10,16H,11-14H2,1-2H3. The van der Waals surface area contributed by atoms with Gasteiger partial charge in [0.1, 0.15) is 0 Å². The number of aryl methyl sites for hydroxylation is 1. The second kappa shape index (κ2) is 9.20. The molecule has 1 saturated heterocycles. The van der Waals surface area contributed by atoms with Crippen molar-refractivity contribution in [3.63, 3.8) is 0 Å². The second-order valence-electron chi connectivity index (χ2n) is 7.18. The number of halogens is 1. The molecule has 1 fully saturated rings. The number of thioether (sulfide) groups is 1. The first kappa shape index (κ1) is 20.9. The van der Waals surface area contributed by atoms with Crippen molar-refractivity contribution in [3.05, 3.63) is 64.7 Å². The number of hydrogen-bond acceptors (Lipinski definition) is 6. The van der Waals surface area contributed by atoms with Crippen LogP contribution in [0.4, 0.5) is 5.95 Å². The number of ether oxygens (including phenoxy) is 1. The zero-order chi connectivity index (χ0) is 21.1. The molecule has 1 atom stereocenters. The highest BCUT2D eigenvalue weighted by molar-refractivity contribution is 8.00. The number of carbonyl (C=O) groups excluding carboxylic acids is 1. The third-order valence-electron chi connectivity index (χ3n) is 4.98. The third kappa shape index (κ3) is 4.53. The lowest BCUT2D eigenvalue weighted by Crippen LogP contribution is -2.37. The molecule has 0 radical (unpaired) electrons. The number of hydrogen-bond donors (Lipinski definition) is 0. The summed E-state index contributed by atoms with van der Waals surface area (Å²) < 4.78 is 7.51. The number of morpholine rings is 1. The summed E-state index contributed by atoms with van der Waals surface area (Å²) in [5, 5.41) is 9.89. The summed E-state index contributed by atoms with van der Waals surface area (Å²) in [6, 6.07) is 15.2. The zero-order valence-corrected chi connectivity index (χ0v) is 18.5. The summed E-state index contributed by atoms with van der Waals surface area (Å²) in [5.74, 6) is 0.804. The van der Waals surface area contributed by atoms with Crippen molar-refractivity contribution in [2.75, 3.05) is 31.2 Å². The Morgan fingerprint density at radius 2 is 1.73 bits per heavy atom. The lowest BCUT2D eigenvalue weighted by Gasteiger charge is -2.28. The summed E-state index contributed by atoms with van der Waals surface area (Å²) in [7, 11) is 0. The van der Waals surface area contributed by atoms with Crippen LogP contribution in [0, 0.1) is 6.92 Å². The molecule has 0 aliphatic carbocycles. The van der Waals surface area contributed by atoms with Crippen LogP contribution < -0.4 is 4.90 Å². The fourth-order valence-corrected chi connectivity index (χ4v) is 4.35. The van der Waals surface area contributed by atoms with Crippen molar-refractivity contribution < 1.29 is 9.53 Å². The topological polar surface area (TPSA) is 60.2 Å². The number of benzene rings is 2. The normalized spacial score (nSPS) is 15.2. The smallest absolute Gasteiger partial charge is 0.232 e. The molecule has 156 valence electrons. The van der Waals surface area contributed by atoms with Crippen molar-refractivity contribution in [2.45, 2.75) is 24.3 Å². The fraction of sp³-hybridized carbons (Fsp3) is 0.318. The van der Waals surface area contributed by atoms with Gasteiger partial charge in [0, 0.05) is 23.7 Å². The monoisotopic (exact) mass is 442 g/mol. The van der Waals surface area contributed by atoms with Gasteiger partial charge in [-0.1, -0.05) is 41.1 Å². The largest absolute Gasteiger partial charge is 0.378 e. The van der Waals surface area contributed by atoms with Crippen LogP contribution in [0.3, 0.4) is 0 Å². The van der Waals surface area contributed by atoms with Gasteiger partial charge >= 0.3 is 0 Å². The number of carbonyl (C=O) groups is 1. The van der Waals surface area contributed by atoms with Gasteiger partial charge in [-0.3, -0.25) is 9.36 Å². The van der Waals surface area contributed by atoms with E-state index in [1.807, 2.05) is 11.5 Å². The highest BCUT2D eigenvalue weighted by Gasteiger charge is 2.25. The molecule has 4 rings (SSSR count). The summed E-state index contributed by atoms with van der Waals surface area (Å²) in [5.41, 5.74) is 2.79. The van der Waals surface area contributed by atoms with E-state index in [4.69, 9.17) is 16.3 Å². The highest BCUT2D eigenvalue weighted by Crippen LogP contribution is 2.31. The molecule has 30 heavy (non-hydrogen) atoms. The molecule has 2 aromatic carbocycles. The highest BCUT2D eigenvalue weighted by atomic mass is 35.5. The zero-order valence-electron chi connectivity index (χ0n) is 16.9. The van der Waals surface area contributed by atoms with Crippen LogP contribution in [0.1, 0.15) is 22.8 Å². The molecule has 0 spiro atoms. The van der Waals surface area contributed by atoms with Gasteiger partial charge in [-0.25, -0.2) is 0 Å². The Bertz CT molecular complexity index is 1010. The van der Waals surface area contributed by atoms with E-state index in [1.54, 1.807) is 24.3 Å². The fourth-order valence-electron chi connectivity index (χ4n) is 3.29. The molecule has 0 bridgehead atoms. The van der Waals surface area contributed by atoms with E-state index in [0.717, 1.165) is 24.7 Å². The molecular formula is C22H23ClN4O2S. The van der Waals surface area contributed by atoms with Gasteiger partial charge in [-0.05, 0) is 50.2 Å². The first-order valence-corrected chi connectivity index (χ1v) is 11.1. The van der Waals surface area contributed by atoms with Crippen LogP contribution in [-0.2, 0) is 4.74 Å². The van der Waals surface area contributed by atoms with Gasteiger partial charge in [0.15, 0.2) is 10.9 Å². The van der Waals surface area contributed by atoms with Gasteiger partial charge in [0.05, 0.1) is 24.2 Å². The number of anilines is 1. The summed E-state index contributed by atoms with van der Waals surface area (Å²) >= 11 is 7.36. The number of aromatic nitrogens is 3. The first-order chi connectivity index (χ1) is 14.5. The average molecular weight is 443 g/mol. The van der Waals surface area contributed by atoms with Crippen LogP contribution in [-0.4, -0.2) is 52.1 Å². The molecule has 1 aromatic heterocycles. The van der Waals surface area contributed by atoms with Crippen molar-refractivity contribution in [2.24, 2.45) is 0 Å². The van der Waals surface area contributed by atoms with E-state index < -0.39 is 0 Å². The van der Waals surface area contributed by atoms with E-state index in [0.29, 0.717) is 29.0 Å². The van der Waals surface area contributed by atoms with Crippen molar-refractivity contribution >= 4 is 35.1 Å². The predicted octanol–water partition coefficient (Wildman–Crippen LogP) is 4.43. The maximum atomic E-state index is 12.9. The van der Waals surface area contributed by atoms with Gasteiger partial charge in [0.2, 0.25) is 5.95 Å². The molecule has 0 amide bonds. The van der Waals surface area contributed by atoms with Gasteiger partial charge in [0.25, 0.3) is 0 Å². The molecule has 3 aromatic rings. The molecule has 0 saturated carbocycles. The average Bonchev–Trinajstić information content (AvgIpc) is 3.18. The summed E-state index contributed by atoms with van der Waals surface area (Å²) in [6.07, 6.45) is 0. The molecule has 1 aliphatic heterocycles. The minimum Gasteiger partial charge on any atom is -0.378 e. The number of rotatable bonds is 6. The molecule has 1 aliphatic rings. The number of ketones is 1. The Hall–Kier alpha value is -2.35. The van der Waals surface area contributed by atoms with Crippen LogP contribution in [0.15, 0.2) is 53.7 Å². The minimum absolute atomic E-state index is 0.0306. The van der Waals surface area contributed by atoms with Crippen LogP contribution in [0.25, 0.3) is 5.69 Å². The molecule has 6 nitrogen and oxygen atoms in total. The Morgan fingerprint density at radius 1 is 1.07 bits per heavy atom. The Labute approximate surface area is 185 Å². The molecule has 8 heteroatoms. The van der Waals surface area contributed by atoms with Crippen molar-refractivity contribution in [1.82, 2.24) is 14.8 Å². The SMILES string of the molecule is Cc1ccc(-n2c(SC(C)C(=O)c3ccc(Cl)cc3)nnc2N2CCOCC2)cc1. The van der Waals surface area contributed by atoms with Crippen molar-refractivity contribution in [1.29, 1.82) is 0 Å². The molecule has 1 unspecified atom stereocenters. The molecular weight excluding hydrogens is 420 g/mol. The van der Waals surface area contributed by atoms with Gasteiger partial charge in [-0.15, -0.1) is 10.2 Å². The maximum Gasteiger partial charge on any atom is 0.232 e. The lowest BCUT2D eigenvalue weighted by molar-refractivity contribution is 0.0994. The number of Topliss-reactive ketones (excluding diaryl/α,β-unsaturated/α-hetero) is 1. The van der Waals surface area contributed by atoms with E-state index in [-0.39, 0.29) is 11.0 Å².